The zero-order valence-corrected chi connectivity index (χ0v) is 23.7. The molecule has 39 heavy (non-hydrogen) atoms. The maximum atomic E-state index is 12.6. The van der Waals surface area contributed by atoms with Crippen LogP contribution in [0.2, 0.25) is 0 Å². The average Bonchev–Trinajstić information content (AvgIpc) is 2.96. The lowest BCUT2D eigenvalue weighted by Crippen LogP contribution is -2.11. The first-order chi connectivity index (χ1) is 19.1. The molecule has 3 aromatic carbocycles. The lowest BCUT2D eigenvalue weighted by atomic mass is 10.1. The van der Waals surface area contributed by atoms with Crippen molar-refractivity contribution in [2.45, 2.75) is 84.2 Å². The summed E-state index contributed by atoms with van der Waals surface area (Å²) in [7, 11) is 0. The fourth-order valence-electron chi connectivity index (χ4n) is 4.38. The number of hydrogen-bond donors (Lipinski definition) is 0. The molecule has 208 valence electrons. The molecule has 3 rings (SSSR count). The molecule has 0 radical (unpaired) electrons. The van der Waals surface area contributed by atoms with Gasteiger partial charge >= 0.3 is 5.97 Å². The molecule has 4 heteroatoms. The SMILES string of the molecule is C=CCCCCCCOc1ccc(C(=O)Oc2ccc(-c3ccc(OC(C)CCCCCC)cc3)cc2)cc1. The Hall–Kier alpha value is -3.53. The molecule has 0 aliphatic rings. The molecule has 0 saturated carbocycles. The number of unbranched alkanes of at least 4 members (excludes halogenated alkanes) is 7. The smallest absolute Gasteiger partial charge is 0.343 e. The largest absolute Gasteiger partial charge is 0.494 e. The van der Waals surface area contributed by atoms with Gasteiger partial charge in [0, 0.05) is 0 Å². The Balaban J connectivity index is 1.43. The Kier molecular flexibility index (Phi) is 13.2. The molecule has 0 spiro atoms. The predicted molar refractivity (Wildman–Crippen MR) is 161 cm³/mol. The van der Waals surface area contributed by atoms with Gasteiger partial charge in [0.2, 0.25) is 0 Å². The van der Waals surface area contributed by atoms with Crippen LogP contribution in [0.1, 0.15) is 88.4 Å². The number of allylic oxidation sites excluding steroid dienone is 1. The van der Waals surface area contributed by atoms with Crippen LogP contribution in [0.3, 0.4) is 0 Å². The van der Waals surface area contributed by atoms with Crippen molar-refractivity contribution in [2.75, 3.05) is 6.61 Å². The van der Waals surface area contributed by atoms with Gasteiger partial charge in [-0.1, -0.05) is 69.4 Å². The van der Waals surface area contributed by atoms with Crippen LogP contribution in [0.25, 0.3) is 11.1 Å². The van der Waals surface area contributed by atoms with E-state index in [2.05, 4.69) is 32.6 Å². The molecule has 0 heterocycles. The zero-order valence-electron chi connectivity index (χ0n) is 23.7. The van der Waals surface area contributed by atoms with E-state index in [9.17, 15) is 4.79 Å². The van der Waals surface area contributed by atoms with Crippen LogP contribution in [0.5, 0.6) is 17.2 Å². The average molecular weight is 529 g/mol. The summed E-state index contributed by atoms with van der Waals surface area (Å²) < 4.78 is 17.4. The summed E-state index contributed by atoms with van der Waals surface area (Å²) in [5.41, 5.74) is 2.63. The number of hydrogen-bond acceptors (Lipinski definition) is 4. The summed E-state index contributed by atoms with van der Waals surface area (Å²) in [4.78, 5) is 12.6. The third-order valence-electron chi connectivity index (χ3n) is 6.72. The Bertz CT molecular complexity index is 1100. The zero-order chi connectivity index (χ0) is 27.7. The molecule has 0 aliphatic heterocycles. The predicted octanol–water partition coefficient (Wildman–Crippen LogP) is 9.83. The molecule has 0 aliphatic carbocycles. The highest BCUT2D eigenvalue weighted by Crippen LogP contribution is 2.26. The number of carbonyl (C=O) groups is 1. The standard InChI is InChI=1S/C35H44O4/c1-4-6-8-10-11-13-27-37-32-21-19-31(20-22-32)35(36)39-34-25-17-30(18-26-34)29-15-23-33(24-16-29)38-28(3)14-12-9-7-5-2/h4,15-26,28H,1,5-14,27H2,2-3H3. The first-order valence-corrected chi connectivity index (χ1v) is 14.5. The van der Waals surface area contributed by atoms with Gasteiger partial charge in [-0.3, -0.25) is 0 Å². The summed E-state index contributed by atoms with van der Waals surface area (Å²) in [6, 6.07) is 22.8. The van der Waals surface area contributed by atoms with Crippen molar-refractivity contribution >= 4 is 5.97 Å². The quantitative estimate of drug-likeness (QED) is 0.0713. The van der Waals surface area contributed by atoms with Crippen molar-refractivity contribution in [2.24, 2.45) is 0 Å². The van der Waals surface area contributed by atoms with Crippen molar-refractivity contribution < 1.29 is 19.0 Å². The topological polar surface area (TPSA) is 44.8 Å². The van der Waals surface area contributed by atoms with E-state index in [1.165, 1.54) is 38.5 Å². The lowest BCUT2D eigenvalue weighted by molar-refractivity contribution is 0.0734. The van der Waals surface area contributed by atoms with Gasteiger partial charge in [0.15, 0.2) is 0 Å². The van der Waals surface area contributed by atoms with Gasteiger partial charge in [0.05, 0.1) is 18.3 Å². The number of benzene rings is 3. The molecule has 0 fully saturated rings. The second-order valence-electron chi connectivity index (χ2n) is 10.1. The van der Waals surface area contributed by atoms with Crippen molar-refractivity contribution in [1.82, 2.24) is 0 Å². The van der Waals surface area contributed by atoms with E-state index in [1.807, 2.05) is 54.6 Å². The van der Waals surface area contributed by atoms with Crippen molar-refractivity contribution in [3.8, 4) is 28.4 Å². The molecule has 1 unspecified atom stereocenters. The highest BCUT2D eigenvalue weighted by molar-refractivity contribution is 5.91. The molecular formula is C35H44O4. The molecular weight excluding hydrogens is 484 g/mol. The minimum absolute atomic E-state index is 0.216. The lowest BCUT2D eigenvalue weighted by Gasteiger charge is -2.15. The van der Waals surface area contributed by atoms with Crippen molar-refractivity contribution in [1.29, 1.82) is 0 Å². The number of carbonyl (C=O) groups excluding carboxylic acids is 1. The van der Waals surface area contributed by atoms with Gasteiger partial charge in [0.1, 0.15) is 17.2 Å². The molecule has 3 aromatic rings. The van der Waals surface area contributed by atoms with Gasteiger partial charge in [-0.05, 0) is 98.7 Å². The first kappa shape index (κ1) is 30.0. The van der Waals surface area contributed by atoms with Crippen LogP contribution in [-0.4, -0.2) is 18.7 Å². The van der Waals surface area contributed by atoms with E-state index in [-0.39, 0.29) is 12.1 Å². The van der Waals surface area contributed by atoms with Gasteiger partial charge in [-0.25, -0.2) is 4.79 Å². The molecule has 0 bridgehead atoms. The van der Waals surface area contributed by atoms with E-state index >= 15 is 0 Å². The Morgan fingerprint density at radius 3 is 1.97 bits per heavy atom. The fourth-order valence-corrected chi connectivity index (χ4v) is 4.38. The molecule has 0 amide bonds. The summed E-state index contributed by atoms with van der Waals surface area (Å²) in [5, 5.41) is 0. The minimum Gasteiger partial charge on any atom is -0.494 e. The van der Waals surface area contributed by atoms with Crippen LogP contribution >= 0.6 is 0 Å². The highest BCUT2D eigenvalue weighted by atomic mass is 16.5. The number of rotatable bonds is 18. The van der Waals surface area contributed by atoms with Crippen LogP contribution in [0, 0.1) is 0 Å². The normalized spacial score (nSPS) is 11.5. The Morgan fingerprint density at radius 2 is 1.33 bits per heavy atom. The van der Waals surface area contributed by atoms with Crippen molar-refractivity contribution in [3.63, 3.8) is 0 Å². The molecule has 0 aromatic heterocycles. The van der Waals surface area contributed by atoms with E-state index in [4.69, 9.17) is 14.2 Å². The molecule has 4 nitrogen and oxygen atoms in total. The summed E-state index contributed by atoms with van der Waals surface area (Å²) >= 11 is 0. The summed E-state index contributed by atoms with van der Waals surface area (Å²) in [6.07, 6.45) is 13.9. The van der Waals surface area contributed by atoms with Crippen LogP contribution < -0.4 is 14.2 Å². The number of esters is 1. The van der Waals surface area contributed by atoms with Gasteiger partial charge < -0.3 is 14.2 Å². The monoisotopic (exact) mass is 528 g/mol. The van der Waals surface area contributed by atoms with Crippen LogP contribution in [0.4, 0.5) is 0 Å². The third kappa shape index (κ3) is 11.0. The molecule has 0 saturated heterocycles. The van der Waals surface area contributed by atoms with Crippen LogP contribution in [0.15, 0.2) is 85.5 Å². The Labute approximate surface area is 235 Å². The Morgan fingerprint density at radius 1 is 0.744 bits per heavy atom. The summed E-state index contributed by atoms with van der Waals surface area (Å²) in [5.74, 6) is 1.78. The summed E-state index contributed by atoms with van der Waals surface area (Å²) in [6.45, 7) is 8.79. The maximum Gasteiger partial charge on any atom is 0.343 e. The minimum atomic E-state index is -0.387. The van der Waals surface area contributed by atoms with E-state index in [0.29, 0.717) is 17.9 Å². The maximum absolute atomic E-state index is 12.6. The van der Waals surface area contributed by atoms with Crippen molar-refractivity contribution in [3.05, 3.63) is 91.0 Å². The van der Waals surface area contributed by atoms with Gasteiger partial charge in [0.25, 0.3) is 0 Å². The molecule has 1 atom stereocenters. The van der Waals surface area contributed by atoms with Gasteiger partial charge in [-0.2, -0.15) is 0 Å². The second-order valence-corrected chi connectivity index (χ2v) is 10.1. The van der Waals surface area contributed by atoms with E-state index in [0.717, 1.165) is 48.3 Å². The van der Waals surface area contributed by atoms with E-state index in [1.54, 1.807) is 12.1 Å². The van der Waals surface area contributed by atoms with E-state index < -0.39 is 0 Å². The molecule has 0 N–H and O–H groups in total. The number of ether oxygens (including phenoxy) is 3. The third-order valence-corrected chi connectivity index (χ3v) is 6.72. The fraction of sp³-hybridized carbons (Fsp3) is 0.400. The van der Waals surface area contributed by atoms with Crippen LogP contribution in [-0.2, 0) is 0 Å². The second kappa shape index (κ2) is 17.1. The highest BCUT2D eigenvalue weighted by Gasteiger charge is 2.10. The first-order valence-electron chi connectivity index (χ1n) is 14.5. The van der Waals surface area contributed by atoms with Gasteiger partial charge in [-0.15, -0.1) is 6.58 Å².